The highest BCUT2D eigenvalue weighted by Crippen LogP contribution is 2.41. The predicted molar refractivity (Wildman–Crippen MR) is 103 cm³/mol. The number of aryl methyl sites for hydroxylation is 1. The number of aliphatic hydroxyl groups is 1. The minimum atomic E-state index is 0.0209. The normalized spacial score (nSPS) is 14.7. The predicted octanol–water partition coefficient (Wildman–Crippen LogP) is 4.02. The maximum Gasteiger partial charge on any atom is 0.130 e. The van der Waals surface area contributed by atoms with E-state index in [1.165, 1.54) is 0 Å². The zero-order chi connectivity index (χ0) is 17.4. The molecule has 2 N–H and O–H groups in total. The van der Waals surface area contributed by atoms with Crippen molar-refractivity contribution in [2.75, 3.05) is 19.7 Å². The second-order valence-corrected chi connectivity index (χ2v) is 7.95. The van der Waals surface area contributed by atoms with Gasteiger partial charge in [-0.05, 0) is 36.8 Å². The number of thiophene rings is 1. The third-order valence-electron chi connectivity index (χ3n) is 4.48. The Hall–Kier alpha value is -1.66. The Morgan fingerprint density at radius 3 is 2.88 bits per heavy atom. The number of pyridine rings is 1. The summed E-state index contributed by atoms with van der Waals surface area (Å²) < 4.78 is 7.24. The SMILES string of the molecule is Cc1cc(Cl)cc(-c2ccnc3cc(CO)sc23)c1OCC1CNC1. The molecule has 0 amide bonds. The highest BCUT2D eigenvalue weighted by Gasteiger charge is 2.20. The average Bonchev–Trinajstić information content (AvgIpc) is 2.98. The third kappa shape index (κ3) is 3.25. The molecule has 0 atom stereocenters. The molecule has 0 radical (unpaired) electrons. The van der Waals surface area contributed by atoms with Gasteiger partial charge in [-0.15, -0.1) is 11.3 Å². The molecule has 0 aliphatic carbocycles. The van der Waals surface area contributed by atoms with Crippen LogP contribution in [0.4, 0.5) is 0 Å². The molecule has 4 rings (SSSR count). The Bertz CT molecular complexity index is 921. The summed E-state index contributed by atoms with van der Waals surface area (Å²) in [7, 11) is 0. The van der Waals surface area contributed by atoms with E-state index >= 15 is 0 Å². The summed E-state index contributed by atoms with van der Waals surface area (Å²) in [6.07, 6.45) is 1.79. The van der Waals surface area contributed by atoms with Crippen molar-refractivity contribution < 1.29 is 9.84 Å². The molecule has 0 bridgehead atoms. The van der Waals surface area contributed by atoms with Crippen molar-refractivity contribution in [3.63, 3.8) is 0 Å². The van der Waals surface area contributed by atoms with E-state index in [2.05, 4.69) is 10.3 Å². The molecule has 1 fully saturated rings. The Labute approximate surface area is 155 Å². The number of aliphatic hydroxyl groups excluding tert-OH is 1. The highest BCUT2D eigenvalue weighted by molar-refractivity contribution is 7.19. The summed E-state index contributed by atoms with van der Waals surface area (Å²) in [5.74, 6) is 1.44. The van der Waals surface area contributed by atoms with Crippen LogP contribution in [0.3, 0.4) is 0 Å². The van der Waals surface area contributed by atoms with Crippen molar-refractivity contribution in [2.24, 2.45) is 5.92 Å². The lowest BCUT2D eigenvalue weighted by Gasteiger charge is -2.27. The van der Waals surface area contributed by atoms with Gasteiger partial charge in [-0.3, -0.25) is 4.98 Å². The van der Waals surface area contributed by atoms with Crippen molar-refractivity contribution in [3.05, 3.63) is 45.9 Å². The van der Waals surface area contributed by atoms with E-state index in [-0.39, 0.29) is 6.61 Å². The Morgan fingerprint density at radius 2 is 2.16 bits per heavy atom. The molecule has 1 aliphatic rings. The van der Waals surface area contributed by atoms with Gasteiger partial charge in [0, 0.05) is 46.2 Å². The lowest BCUT2D eigenvalue weighted by molar-refractivity contribution is 0.199. The van der Waals surface area contributed by atoms with E-state index in [4.69, 9.17) is 16.3 Å². The van der Waals surface area contributed by atoms with Crippen LogP contribution in [0, 0.1) is 12.8 Å². The Kier molecular flexibility index (Phi) is 4.65. The first kappa shape index (κ1) is 16.8. The number of halogens is 1. The van der Waals surface area contributed by atoms with E-state index in [0.29, 0.717) is 17.5 Å². The van der Waals surface area contributed by atoms with Gasteiger partial charge in [0.05, 0.1) is 23.4 Å². The van der Waals surface area contributed by atoms with Gasteiger partial charge < -0.3 is 15.2 Å². The first-order valence-corrected chi connectivity index (χ1v) is 9.47. The monoisotopic (exact) mass is 374 g/mol. The fourth-order valence-corrected chi connectivity index (χ4v) is 4.34. The number of benzene rings is 1. The number of aromatic nitrogens is 1. The average molecular weight is 375 g/mol. The standard InChI is InChI=1S/C19H19ClN2O2S/c1-11-4-13(20)5-16(18(11)24-10-12-7-21-8-12)15-2-3-22-17-6-14(9-23)25-19(15)17/h2-6,12,21,23H,7-10H2,1H3. The van der Waals surface area contributed by atoms with Gasteiger partial charge in [0.1, 0.15) is 5.75 Å². The zero-order valence-electron chi connectivity index (χ0n) is 13.9. The van der Waals surface area contributed by atoms with Crippen LogP contribution < -0.4 is 10.1 Å². The number of hydrogen-bond donors (Lipinski definition) is 2. The highest BCUT2D eigenvalue weighted by atomic mass is 35.5. The van der Waals surface area contributed by atoms with E-state index in [1.807, 2.05) is 31.2 Å². The van der Waals surface area contributed by atoms with E-state index in [1.54, 1.807) is 17.5 Å². The van der Waals surface area contributed by atoms with E-state index in [0.717, 1.165) is 50.6 Å². The molecular weight excluding hydrogens is 356 g/mol. The molecule has 0 spiro atoms. The van der Waals surface area contributed by atoms with Crippen molar-refractivity contribution in [1.82, 2.24) is 10.3 Å². The van der Waals surface area contributed by atoms with Crippen molar-refractivity contribution >= 4 is 33.2 Å². The zero-order valence-corrected chi connectivity index (χ0v) is 15.5. The molecule has 1 saturated heterocycles. The largest absolute Gasteiger partial charge is 0.492 e. The lowest BCUT2D eigenvalue weighted by atomic mass is 10.0. The minimum Gasteiger partial charge on any atom is -0.492 e. The molecule has 3 heterocycles. The van der Waals surface area contributed by atoms with Gasteiger partial charge in [0.15, 0.2) is 0 Å². The number of nitrogens with zero attached hydrogens (tertiary/aromatic N) is 1. The molecule has 0 unspecified atom stereocenters. The summed E-state index contributed by atoms with van der Waals surface area (Å²) >= 11 is 7.90. The maximum absolute atomic E-state index is 9.45. The summed E-state index contributed by atoms with van der Waals surface area (Å²) in [6.45, 7) is 4.75. The van der Waals surface area contributed by atoms with Crippen molar-refractivity contribution in [1.29, 1.82) is 0 Å². The maximum atomic E-state index is 9.45. The molecule has 130 valence electrons. The molecule has 25 heavy (non-hydrogen) atoms. The van der Waals surface area contributed by atoms with Crippen molar-refractivity contribution in [3.8, 4) is 16.9 Å². The number of nitrogens with one attached hydrogen (secondary N) is 1. The molecule has 3 aromatic rings. The molecule has 6 heteroatoms. The van der Waals surface area contributed by atoms with Gasteiger partial charge >= 0.3 is 0 Å². The van der Waals surface area contributed by atoms with Crippen LogP contribution in [0.25, 0.3) is 21.3 Å². The molecule has 4 nitrogen and oxygen atoms in total. The number of rotatable bonds is 5. The summed E-state index contributed by atoms with van der Waals surface area (Å²) in [6, 6.07) is 7.81. The Morgan fingerprint density at radius 1 is 1.32 bits per heavy atom. The van der Waals surface area contributed by atoms with Crippen LogP contribution >= 0.6 is 22.9 Å². The summed E-state index contributed by atoms with van der Waals surface area (Å²) in [5.41, 5.74) is 3.94. The second kappa shape index (κ2) is 6.92. The number of hydrogen-bond acceptors (Lipinski definition) is 5. The van der Waals surface area contributed by atoms with Gasteiger partial charge in [-0.25, -0.2) is 0 Å². The van der Waals surface area contributed by atoms with Crippen LogP contribution in [0.2, 0.25) is 5.02 Å². The first-order chi connectivity index (χ1) is 12.2. The quantitative estimate of drug-likeness (QED) is 0.708. The van der Waals surface area contributed by atoms with Gasteiger partial charge in [0.25, 0.3) is 0 Å². The first-order valence-electron chi connectivity index (χ1n) is 8.28. The number of ether oxygens (including phenoxy) is 1. The Balaban J connectivity index is 1.82. The minimum absolute atomic E-state index is 0.0209. The summed E-state index contributed by atoms with van der Waals surface area (Å²) in [4.78, 5) is 5.32. The molecule has 2 aromatic heterocycles. The topological polar surface area (TPSA) is 54.4 Å². The number of fused-ring (bicyclic) bond motifs is 1. The smallest absolute Gasteiger partial charge is 0.130 e. The summed E-state index contributed by atoms with van der Waals surface area (Å²) in [5, 5.41) is 13.4. The fraction of sp³-hybridized carbons (Fsp3) is 0.316. The molecular formula is C19H19ClN2O2S. The van der Waals surface area contributed by atoms with E-state index in [9.17, 15) is 5.11 Å². The van der Waals surface area contributed by atoms with Crippen LogP contribution in [0.15, 0.2) is 30.5 Å². The molecule has 1 aliphatic heterocycles. The molecule has 1 aromatic carbocycles. The van der Waals surface area contributed by atoms with Crippen LogP contribution in [-0.2, 0) is 6.61 Å². The lowest BCUT2D eigenvalue weighted by Crippen LogP contribution is -2.45. The van der Waals surface area contributed by atoms with Crippen LogP contribution in [0.1, 0.15) is 10.4 Å². The van der Waals surface area contributed by atoms with Crippen LogP contribution in [-0.4, -0.2) is 29.8 Å². The second-order valence-electron chi connectivity index (χ2n) is 6.38. The van der Waals surface area contributed by atoms with Gasteiger partial charge in [0.2, 0.25) is 0 Å². The fourth-order valence-electron chi connectivity index (χ4n) is 3.07. The van der Waals surface area contributed by atoms with Crippen LogP contribution in [0.5, 0.6) is 5.75 Å². The van der Waals surface area contributed by atoms with Gasteiger partial charge in [-0.1, -0.05) is 11.6 Å². The molecule has 0 saturated carbocycles. The third-order valence-corrected chi connectivity index (χ3v) is 5.84. The van der Waals surface area contributed by atoms with Gasteiger partial charge in [-0.2, -0.15) is 0 Å². The van der Waals surface area contributed by atoms with E-state index < -0.39 is 0 Å². The van der Waals surface area contributed by atoms with Crippen molar-refractivity contribution in [2.45, 2.75) is 13.5 Å².